The van der Waals surface area contributed by atoms with Crippen LogP contribution in [-0.2, 0) is 26.4 Å². The summed E-state index contributed by atoms with van der Waals surface area (Å²) in [6.07, 6.45) is 6.12. The Balaban J connectivity index is 1.83. The van der Waals surface area contributed by atoms with Crippen LogP contribution in [0.25, 0.3) is 0 Å². The number of aryl methyl sites for hydroxylation is 3. The molecule has 1 atom stereocenters. The van der Waals surface area contributed by atoms with Gasteiger partial charge in [-0.3, -0.25) is 0 Å². The molecule has 0 amide bonds. The molecule has 0 saturated heterocycles. The quantitative estimate of drug-likeness (QED) is 0.908. The van der Waals surface area contributed by atoms with E-state index in [-0.39, 0.29) is 6.04 Å². The Labute approximate surface area is 113 Å². The molecule has 0 saturated carbocycles. The Bertz CT molecular complexity index is 581. The van der Waals surface area contributed by atoms with Crippen LogP contribution in [0.15, 0.2) is 12.4 Å². The van der Waals surface area contributed by atoms with Gasteiger partial charge in [-0.15, -0.1) is 10.2 Å². The number of hydrogen-bond donors (Lipinski definition) is 1. The summed E-state index contributed by atoms with van der Waals surface area (Å²) in [5.74, 6) is 1.03. The monoisotopic (exact) mass is 259 g/mol. The van der Waals surface area contributed by atoms with Crippen LogP contribution in [0.4, 0.5) is 0 Å². The Hall–Kier alpha value is -1.62. The van der Waals surface area contributed by atoms with Crippen molar-refractivity contribution in [2.24, 2.45) is 12.8 Å². The van der Waals surface area contributed by atoms with Crippen LogP contribution in [0, 0.1) is 6.92 Å². The molecule has 0 spiro atoms. The van der Waals surface area contributed by atoms with Gasteiger partial charge in [0.25, 0.3) is 0 Å². The summed E-state index contributed by atoms with van der Waals surface area (Å²) in [4.78, 5) is 0. The van der Waals surface area contributed by atoms with Crippen molar-refractivity contribution in [3.63, 3.8) is 0 Å². The van der Waals surface area contributed by atoms with E-state index in [9.17, 15) is 0 Å². The predicted molar refractivity (Wildman–Crippen MR) is 73.7 cm³/mol. The van der Waals surface area contributed by atoms with Gasteiger partial charge in [-0.2, -0.15) is 0 Å². The standard InChI is InChI=1S/C14H21N5/c1-10-8-11-12(15)4-3-5-13(11)19(10)7-6-14-17-16-9-18(14)2/h8-9,12H,3-7,15H2,1-2H3. The number of nitrogens with zero attached hydrogens (tertiary/aromatic N) is 4. The fraction of sp³-hybridized carbons (Fsp3) is 0.571. The van der Waals surface area contributed by atoms with Crippen molar-refractivity contribution >= 4 is 0 Å². The van der Waals surface area contributed by atoms with Crippen LogP contribution in [0.3, 0.4) is 0 Å². The molecule has 2 aromatic heterocycles. The average molecular weight is 259 g/mol. The van der Waals surface area contributed by atoms with Gasteiger partial charge in [0.2, 0.25) is 0 Å². The van der Waals surface area contributed by atoms with E-state index in [1.807, 2.05) is 11.6 Å². The molecule has 102 valence electrons. The first-order valence-electron chi connectivity index (χ1n) is 6.94. The van der Waals surface area contributed by atoms with Crippen molar-refractivity contribution < 1.29 is 0 Å². The van der Waals surface area contributed by atoms with Crippen LogP contribution in [0.2, 0.25) is 0 Å². The zero-order chi connectivity index (χ0) is 13.4. The van der Waals surface area contributed by atoms with Crippen molar-refractivity contribution in [2.75, 3.05) is 0 Å². The highest BCUT2D eigenvalue weighted by Crippen LogP contribution is 2.30. The molecule has 19 heavy (non-hydrogen) atoms. The van der Waals surface area contributed by atoms with Crippen LogP contribution in [0.1, 0.15) is 41.7 Å². The second kappa shape index (κ2) is 4.81. The molecule has 1 aliphatic carbocycles. The molecular weight excluding hydrogens is 238 g/mol. The van der Waals surface area contributed by atoms with Crippen molar-refractivity contribution in [1.82, 2.24) is 19.3 Å². The lowest BCUT2D eigenvalue weighted by Crippen LogP contribution is -2.19. The van der Waals surface area contributed by atoms with Crippen molar-refractivity contribution in [3.8, 4) is 0 Å². The van der Waals surface area contributed by atoms with Crippen LogP contribution in [0.5, 0.6) is 0 Å². The van der Waals surface area contributed by atoms with Gasteiger partial charge >= 0.3 is 0 Å². The summed E-state index contributed by atoms with van der Waals surface area (Å²) in [5, 5.41) is 8.07. The molecule has 2 heterocycles. The van der Waals surface area contributed by atoms with Gasteiger partial charge in [0.1, 0.15) is 12.2 Å². The van der Waals surface area contributed by atoms with Crippen molar-refractivity contribution in [1.29, 1.82) is 0 Å². The second-order valence-electron chi connectivity index (χ2n) is 5.45. The maximum Gasteiger partial charge on any atom is 0.134 e. The maximum absolute atomic E-state index is 6.20. The van der Waals surface area contributed by atoms with E-state index in [2.05, 4.69) is 27.8 Å². The van der Waals surface area contributed by atoms with Gasteiger partial charge in [-0.1, -0.05) is 0 Å². The number of nitrogens with two attached hydrogens (primary N) is 1. The van der Waals surface area contributed by atoms with E-state index < -0.39 is 0 Å². The van der Waals surface area contributed by atoms with E-state index in [1.165, 1.54) is 23.4 Å². The highest BCUT2D eigenvalue weighted by molar-refractivity contribution is 5.32. The Morgan fingerprint density at radius 3 is 3.05 bits per heavy atom. The normalized spacial score (nSPS) is 18.6. The molecule has 1 unspecified atom stereocenters. The first kappa shape index (κ1) is 12.4. The predicted octanol–water partition coefficient (Wildman–Crippen LogP) is 1.50. The maximum atomic E-state index is 6.20. The molecule has 2 N–H and O–H groups in total. The minimum absolute atomic E-state index is 0.221. The van der Waals surface area contributed by atoms with Gasteiger partial charge in [-0.05, 0) is 37.8 Å². The number of rotatable bonds is 3. The Morgan fingerprint density at radius 2 is 2.32 bits per heavy atom. The number of aromatic nitrogens is 4. The summed E-state index contributed by atoms with van der Waals surface area (Å²) in [6.45, 7) is 3.13. The van der Waals surface area contributed by atoms with Gasteiger partial charge in [-0.25, -0.2) is 0 Å². The molecule has 1 aliphatic rings. The topological polar surface area (TPSA) is 61.7 Å². The first-order chi connectivity index (χ1) is 9.16. The fourth-order valence-corrected chi connectivity index (χ4v) is 3.06. The number of hydrogen-bond acceptors (Lipinski definition) is 3. The first-order valence-corrected chi connectivity index (χ1v) is 6.94. The van der Waals surface area contributed by atoms with Crippen molar-refractivity contribution in [2.45, 2.75) is 45.2 Å². The molecule has 0 aromatic carbocycles. The third kappa shape index (κ3) is 2.18. The van der Waals surface area contributed by atoms with E-state index in [0.29, 0.717) is 0 Å². The highest BCUT2D eigenvalue weighted by Gasteiger charge is 2.22. The molecule has 2 aromatic rings. The summed E-state index contributed by atoms with van der Waals surface area (Å²) in [5.41, 5.74) is 10.3. The van der Waals surface area contributed by atoms with Crippen molar-refractivity contribution in [3.05, 3.63) is 35.2 Å². The van der Waals surface area contributed by atoms with E-state index in [4.69, 9.17) is 5.73 Å². The molecule has 5 nitrogen and oxygen atoms in total. The van der Waals surface area contributed by atoms with Gasteiger partial charge in [0, 0.05) is 37.4 Å². The molecule has 3 rings (SSSR count). The lowest BCUT2D eigenvalue weighted by atomic mass is 9.93. The molecule has 0 bridgehead atoms. The molecule has 0 aliphatic heterocycles. The summed E-state index contributed by atoms with van der Waals surface area (Å²) in [7, 11) is 1.99. The average Bonchev–Trinajstić information content (AvgIpc) is 2.92. The van der Waals surface area contributed by atoms with Crippen LogP contribution in [-0.4, -0.2) is 19.3 Å². The number of fused-ring (bicyclic) bond motifs is 1. The minimum atomic E-state index is 0.221. The van der Waals surface area contributed by atoms with Gasteiger partial charge in [0.15, 0.2) is 0 Å². The molecule has 0 fully saturated rings. The highest BCUT2D eigenvalue weighted by atomic mass is 15.2. The molecule has 5 heteroatoms. The van der Waals surface area contributed by atoms with Crippen LogP contribution >= 0.6 is 0 Å². The lowest BCUT2D eigenvalue weighted by Gasteiger charge is -2.21. The smallest absolute Gasteiger partial charge is 0.134 e. The minimum Gasteiger partial charge on any atom is -0.348 e. The SMILES string of the molecule is Cc1cc2c(n1CCc1nncn1C)CCCC2N. The second-order valence-corrected chi connectivity index (χ2v) is 5.45. The van der Waals surface area contributed by atoms with Crippen LogP contribution < -0.4 is 5.73 Å². The van der Waals surface area contributed by atoms with E-state index >= 15 is 0 Å². The summed E-state index contributed by atoms with van der Waals surface area (Å²) in [6, 6.07) is 2.48. The molecular formula is C14H21N5. The van der Waals surface area contributed by atoms with E-state index in [0.717, 1.165) is 31.6 Å². The zero-order valence-electron chi connectivity index (χ0n) is 11.6. The third-order valence-electron chi connectivity index (χ3n) is 4.14. The van der Waals surface area contributed by atoms with E-state index in [1.54, 1.807) is 6.33 Å². The van der Waals surface area contributed by atoms with Gasteiger partial charge < -0.3 is 14.9 Å². The lowest BCUT2D eigenvalue weighted by molar-refractivity contribution is 0.532. The summed E-state index contributed by atoms with van der Waals surface area (Å²) < 4.78 is 4.39. The van der Waals surface area contributed by atoms with Gasteiger partial charge in [0.05, 0.1) is 0 Å². The molecule has 0 radical (unpaired) electrons. The fourth-order valence-electron chi connectivity index (χ4n) is 3.06. The Morgan fingerprint density at radius 1 is 1.47 bits per heavy atom. The summed E-state index contributed by atoms with van der Waals surface area (Å²) >= 11 is 0. The largest absolute Gasteiger partial charge is 0.348 e. The third-order valence-corrected chi connectivity index (χ3v) is 4.14. The Kier molecular flexibility index (Phi) is 3.14. The zero-order valence-corrected chi connectivity index (χ0v) is 11.6.